The van der Waals surface area contributed by atoms with Gasteiger partial charge < -0.3 is 10.4 Å². The van der Waals surface area contributed by atoms with E-state index in [0.717, 1.165) is 11.1 Å². The quantitative estimate of drug-likeness (QED) is 0.615. The Morgan fingerprint density at radius 2 is 1.88 bits per heavy atom. The van der Waals surface area contributed by atoms with Crippen LogP contribution in [0.3, 0.4) is 0 Å². The van der Waals surface area contributed by atoms with Crippen LogP contribution in [0.2, 0.25) is 5.02 Å². The number of benzene rings is 2. The Morgan fingerprint density at radius 1 is 1.16 bits per heavy atom. The topological polar surface area (TPSA) is 98.7 Å². The molecule has 1 spiro atoms. The first-order valence-electron chi connectivity index (χ1n) is 10.7. The molecule has 0 bridgehead atoms. The third kappa shape index (κ3) is 2.85. The number of nitrogens with zero attached hydrogens (tertiary/aromatic N) is 1. The number of fused-ring (bicyclic) bond motifs is 4. The smallest absolute Gasteiger partial charge is 0.250 e. The normalized spacial score (nSPS) is 29.4. The Kier molecular flexibility index (Phi) is 4.89. The summed E-state index contributed by atoms with van der Waals surface area (Å²) in [5.41, 5.74) is 1.39. The number of carbonyl (C=O) groups excluding carboxylic acids is 3. The molecule has 166 valence electrons. The lowest BCUT2D eigenvalue weighted by Gasteiger charge is -2.30. The van der Waals surface area contributed by atoms with E-state index in [1.165, 1.54) is 4.90 Å². The summed E-state index contributed by atoms with van der Waals surface area (Å²) in [6.45, 7) is 3.64. The van der Waals surface area contributed by atoms with E-state index >= 15 is 0 Å². The molecule has 3 aliphatic heterocycles. The summed E-state index contributed by atoms with van der Waals surface area (Å²) in [5, 5.41) is 16.9. The van der Waals surface area contributed by atoms with Crippen LogP contribution in [0.4, 0.5) is 5.69 Å². The molecule has 2 aromatic rings. The summed E-state index contributed by atoms with van der Waals surface area (Å²) in [6, 6.07) is 12.4. The Hall–Kier alpha value is -2.74. The van der Waals surface area contributed by atoms with Gasteiger partial charge in [-0.25, -0.2) is 0 Å². The van der Waals surface area contributed by atoms with Crippen molar-refractivity contribution in [2.75, 3.05) is 11.9 Å². The Balaban J connectivity index is 1.58. The van der Waals surface area contributed by atoms with Crippen LogP contribution in [-0.4, -0.2) is 46.4 Å². The van der Waals surface area contributed by atoms with E-state index in [2.05, 4.69) is 10.6 Å². The van der Waals surface area contributed by atoms with Crippen molar-refractivity contribution >= 4 is 35.0 Å². The number of aliphatic hydroxyl groups is 1. The standard InChI is InChI=1S/C24H24ClN3O4/c1-12-10-15-20(16(25)11-12)26-23(32)24(15)18-17(19(27-24)13(2)29)21(30)28(22(18)31)9-8-14-6-4-3-5-7-14/h3-7,10-11,13,17-19,27,29H,8-9H2,1-2H3,(H,26,32)/t13-,17-,18-,19+,24-/m0/s1. The number of likely N-dealkylation sites (tertiary alicyclic amines) is 1. The average Bonchev–Trinajstić information content (AvgIpc) is 3.34. The van der Waals surface area contributed by atoms with Crippen LogP contribution in [0.15, 0.2) is 42.5 Å². The minimum absolute atomic E-state index is 0.223. The maximum atomic E-state index is 13.6. The summed E-state index contributed by atoms with van der Waals surface area (Å²) >= 11 is 6.40. The van der Waals surface area contributed by atoms with Crippen LogP contribution in [0.1, 0.15) is 23.6 Å². The summed E-state index contributed by atoms with van der Waals surface area (Å²) < 4.78 is 0. The number of carbonyl (C=O) groups is 3. The Bertz CT molecular complexity index is 1140. The number of aryl methyl sites for hydroxylation is 1. The molecule has 3 amide bonds. The second kappa shape index (κ2) is 7.40. The van der Waals surface area contributed by atoms with Crippen LogP contribution in [0.25, 0.3) is 0 Å². The van der Waals surface area contributed by atoms with E-state index in [-0.39, 0.29) is 12.5 Å². The highest BCUT2D eigenvalue weighted by Crippen LogP contribution is 2.54. The molecule has 5 atom stereocenters. The predicted molar refractivity (Wildman–Crippen MR) is 119 cm³/mol. The van der Waals surface area contributed by atoms with Crippen molar-refractivity contribution in [3.05, 3.63) is 64.2 Å². The number of imide groups is 1. The fourth-order valence-corrected chi connectivity index (χ4v) is 5.83. The van der Waals surface area contributed by atoms with Crippen molar-refractivity contribution in [2.24, 2.45) is 11.8 Å². The SMILES string of the molecule is Cc1cc(Cl)c2c(c1)[C@@]1(N[C@H]([C@H](C)O)[C@H]3C(=O)N(CCc4ccccc4)C(=O)[C@H]31)C(=O)N2. The highest BCUT2D eigenvalue weighted by molar-refractivity contribution is 6.35. The Labute approximate surface area is 190 Å². The second-order valence-corrected chi connectivity index (χ2v) is 9.32. The van der Waals surface area contributed by atoms with E-state index in [1.54, 1.807) is 13.0 Å². The largest absolute Gasteiger partial charge is 0.392 e. The van der Waals surface area contributed by atoms with Gasteiger partial charge in [-0.3, -0.25) is 24.6 Å². The van der Waals surface area contributed by atoms with E-state index in [0.29, 0.717) is 22.7 Å². The number of halogens is 1. The van der Waals surface area contributed by atoms with Crippen LogP contribution in [0, 0.1) is 18.8 Å². The number of amides is 3. The first-order valence-corrected chi connectivity index (χ1v) is 11.1. The molecule has 0 radical (unpaired) electrons. The molecule has 7 nitrogen and oxygen atoms in total. The van der Waals surface area contributed by atoms with Gasteiger partial charge in [0.05, 0.1) is 28.6 Å². The highest BCUT2D eigenvalue weighted by atomic mass is 35.5. The first kappa shape index (κ1) is 21.1. The molecular weight excluding hydrogens is 430 g/mol. The Morgan fingerprint density at radius 3 is 2.56 bits per heavy atom. The van der Waals surface area contributed by atoms with Gasteiger partial charge in [0.1, 0.15) is 5.54 Å². The van der Waals surface area contributed by atoms with E-state index in [1.807, 2.05) is 43.3 Å². The second-order valence-electron chi connectivity index (χ2n) is 8.91. The van der Waals surface area contributed by atoms with Gasteiger partial charge in [0, 0.05) is 18.2 Å². The monoisotopic (exact) mass is 453 g/mol. The molecule has 0 aromatic heterocycles. The summed E-state index contributed by atoms with van der Waals surface area (Å²) in [6.07, 6.45) is -0.421. The minimum atomic E-state index is -1.45. The van der Waals surface area contributed by atoms with Crippen molar-refractivity contribution in [2.45, 2.75) is 38.0 Å². The number of rotatable bonds is 4. The molecule has 2 saturated heterocycles. The zero-order chi connectivity index (χ0) is 22.8. The van der Waals surface area contributed by atoms with Gasteiger partial charge in [0.25, 0.3) is 0 Å². The maximum Gasteiger partial charge on any atom is 0.250 e. The van der Waals surface area contributed by atoms with Crippen molar-refractivity contribution in [3.8, 4) is 0 Å². The fraction of sp³-hybridized carbons (Fsp3) is 0.375. The summed E-state index contributed by atoms with van der Waals surface area (Å²) in [7, 11) is 0. The van der Waals surface area contributed by atoms with Gasteiger partial charge in [0.2, 0.25) is 17.7 Å². The van der Waals surface area contributed by atoms with Crippen molar-refractivity contribution in [1.82, 2.24) is 10.2 Å². The molecule has 0 aliphatic carbocycles. The van der Waals surface area contributed by atoms with E-state index in [4.69, 9.17) is 11.6 Å². The van der Waals surface area contributed by atoms with Crippen LogP contribution < -0.4 is 10.6 Å². The number of aliphatic hydroxyl groups excluding tert-OH is 1. The number of hydrogen-bond acceptors (Lipinski definition) is 5. The molecule has 3 heterocycles. The predicted octanol–water partition coefficient (Wildman–Crippen LogP) is 1.99. The van der Waals surface area contributed by atoms with Gasteiger partial charge in [0.15, 0.2) is 0 Å². The zero-order valence-corrected chi connectivity index (χ0v) is 18.5. The fourth-order valence-electron chi connectivity index (χ4n) is 5.50. The highest BCUT2D eigenvalue weighted by Gasteiger charge is 2.71. The number of anilines is 1. The lowest BCUT2D eigenvalue weighted by Crippen LogP contribution is -2.55. The zero-order valence-electron chi connectivity index (χ0n) is 17.8. The van der Waals surface area contributed by atoms with Crippen molar-refractivity contribution in [1.29, 1.82) is 0 Å². The third-order valence-electron chi connectivity index (χ3n) is 6.93. The maximum absolute atomic E-state index is 13.6. The van der Waals surface area contributed by atoms with Crippen LogP contribution >= 0.6 is 11.6 Å². The van der Waals surface area contributed by atoms with Crippen LogP contribution in [0.5, 0.6) is 0 Å². The molecule has 5 rings (SSSR count). The summed E-state index contributed by atoms with van der Waals surface area (Å²) in [5.74, 6) is -2.97. The van der Waals surface area contributed by atoms with Gasteiger partial charge in [-0.15, -0.1) is 0 Å². The third-order valence-corrected chi connectivity index (χ3v) is 7.23. The average molecular weight is 454 g/mol. The van der Waals surface area contributed by atoms with E-state index in [9.17, 15) is 19.5 Å². The molecule has 0 unspecified atom stereocenters. The van der Waals surface area contributed by atoms with Crippen molar-refractivity contribution in [3.63, 3.8) is 0 Å². The molecular formula is C24H24ClN3O4. The van der Waals surface area contributed by atoms with Gasteiger partial charge in [-0.05, 0) is 37.5 Å². The van der Waals surface area contributed by atoms with Gasteiger partial charge in [-0.2, -0.15) is 0 Å². The van der Waals surface area contributed by atoms with Crippen molar-refractivity contribution < 1.29 is 19.5 Å². The van der Waals surface area contributed by atoms with Crippen LogP contribution in [-0.2, 0) is 26.3 Å². The lowest BCUT2D eigenvalue weighted by molar-refractivity contribution is -0.143. The number of nitrogens with one attached hydrogen (secondary N) is 2. The number of hydrogen-bond donors (Lipinski definition) is 3. The van der Waals surface area contributed by atoms with Gasteiger partial charge in [-0.1, -0.05) is 48.0 Å². The molecule has 3 aliphatic rings. The minimum Gasteiger partial charge on any atom is -0.392 e. The molecule has 2 aromatic carbocycles. The molecule has 32 heavy (non-hydrogen) atoms. The van der Waals surface area contributed by atoms with E-state index < -0.39 is 41.3 Å². The first-order chi connectivity index (χ1) is 15.3. The molecule has 8 heteroatoms. The van der Waals surface area contributed by atoms with Gasteiger partial charge >= 0.3 is 0 Å². The molecule has 3 N–H and O–H groups in total. The molecule has 0 saturated carbocycles. The summed E-state index contributed by atoms with van der Waals surface area (Å²) in [4.78, 5) is 41.7. The molecule has 2 fully saturated rings. The lowest BCUT2D eigenvalue weighted by atomic mass is 9.76.